The van der Waals surface area contributed by atoms with Crippen molar-refractivity contribution < 1.29 is 0 Å². The van der Waals surface area contributed by atoms with Crippen molar-refractivity contribution in [2.75, 3.05) is 0 Å². The Hall–Kier alpha value is -2.65. The van der Waals surface area contributed by atoms with Crippen molar-refractivity contribution in [3.8, 4) is 0 Å². The molecule has 0 aliphatic carbocycles. The highest BCUT2D eigenvalue weighted by molar-refractivity contribution is 7.99. The summed E-state index contributed by atoms with van der Waals surface area (Å²) in [4.78, 5) is 26.7. The first-order chi connectivity index (χ1) is 13.0. The van der Waals surface area contributed by atoms with Gasteiger partial charge in [-0.3, -0.25) is 9.20 Å². The maximum atomic E-state index is 12.6. The Bertz CT molecular complexity index is 1380. The van der Waals surface area contributed by atoms with Crippen molar-refractivity contribution in [2.45, 2.75) is 31.2 Å². The molecule has 0 fully saturated rings. The lowest BCUT2D eigenvalue weighted by Gasteiger charge is -2.09. The van der Waals surface area contributed by atoms with E-state index < -0.39 is 0 Å². The number of aromatic amines is 2. The van der Waals surface area contributed by atoms with Crippen LogP contribution in [0.25, 0.3) is 27.0 Å². The van der Waals surface area contributed by atoms with Crippen LogP contribution in [0.5, 0.6) is 0 Å². The van der Waals surface area contributed by atoms with Crippen LogP contribution in [0.15, 0.2) is 34.2 Å². The fourth-order valence-corrected chi connectivity index (χ4v) is 5.16. The summed E-state index contributed by atoms with van der Waals surface area (Å²) in [6.45, 7) is 6.00. The number of imidazole rings is 1. The molecule has 1 aromatic carbocycles. The Balaban J connectivity index is 1.57. The first-order valence-electron chi connectivity index (χ1n) is 8.51. The van der Waals surface area contributed by atoms with Crippen molar-refractivity contribution >= 4 is 50.1 Å². The van der Waals surface area contributed by atoms with Gasteiger partial charge < -0.3 is 4.98 Å². The van der Waals surface area contributed by atoms with E-state index in [1.165, 1.54) is 11.8 Å². The van der Waals surface area contributed by atoms with Crippen LogP contribution in [0.3, 0.4) is 0 Å². The maximum Gasteiger partial charge on any atom is 0.259 e. The van der Waals surface area contributed by atoms with Gasteiger partial charge in [0, 0.05) is 4.88 Å². The summed E-state index contributed by atoms with van der Waals surface area (Å²) in [5, 5.41) is 8.78. The Morgan fingerprint density at radius 1 is 1.22 bits per heavy atom. The molecule has 0 spiro atoms. The zero-order valence-electron chi connectivity index (χ0n) is 14.9. The Morgan fingerprint density at radius 3 is 2.89 bits per heavy atom. The van der Waals surface area contributed by atoms with Gasteiger partial charge in [0.2, 0.25) is 5.78 Å². The molecule has 4 heterocycles. The molecule has 136 valence electrons. The summed E-state index contributed by atoms with van der Waals surface area (Å²) in [6, 6.07) is 7.94. The second-order valence-corrected chi connectivity index (χ2v) is 8.95. The van der Waals surface area contributed by atoms with E-state index >= 15 is 0 Å². The second-order valence-electron chi connectivity index (χ2n) is 6.44. The number of thiophene rings is 1. The molecule has 1 atom stereocenters. The molecule has 0 saturated heterocycles. The third kappa shape index (κ3) is 2.49. The standard InChI is InChI=1S/C18H16N6OS2/c1-8-9(2)26-16-13(8)15(25)20-14(21-16)10(3)27-18-23-22-17-19-11-6-4-5-7-12(11)24(17)18/h4-7,10H,1-3H3,(H,19,22)(H,20,21,25)/t10-/m1/s1. The summed E-state index contributed by atoms with van der Waals surface area (Å²) >= 11 is 3.09. The number of H-pyrrole nitrogens is 2. The highest BCUT2D eigenvalue weighted by Gasteiger charge is 2.19. The number of hydrogen-bond acceptors (Lipinski definition) is 6. The minimum atomic E-state index is -0.0791. The van der Waals surface area contributed by atoms with Crippen molar-refractivity contribution in [3.05, 3.63) is 50.9 Å². The number of thioether (sulfide) groups is 1. The van der Waals surface area contributed by atoms with Crippen molar-refractivity contribution in [1.29, 1.82) is 0 Å². The lowest BCUT2D eigenvalue weighted by atomic mass is 10.2. The molecule has 0 saturated carbocycles. The van der Waals surface area contributed by atoms with Gasteiger partial charge in [-0.1, -0.05) is 23.9 Å². The number of benzene rings is 1. The van der Waals surface area contributed by atoms with Crippen LogP contribution in [0.2, 0.25) is 0 Å². The van der Waals surface area contributed by atoms with E-state index in [-0.39, 0.29) is 10.8 Å². The summed E-state index contributed by atoms with van der Waals surface area (Å²) < 4.78 is 1.99. The van der Waals surface area contributed by atoms with Crippen LogP contribution in [0, 0.1) is 13.8 Å². The molecule has 9 heteroatoms. The van der Waals surface area contributed by atoms with Crippen molar-refractivity contribution in [3.63, 3.8) is 0 Å². The molecule has 27 heavy (non-hydrogen) atoms. The zero-order valence-corrected chi connectivity index (χ0v) is 16.5. The number of para-hydroxylation sites is 2. The highest BCUT2D eigenvalue weighted by Crippen LogP contribution is 2.34. The fourth-order valence-electron chi connectivity index (χ4n) is 3.20. The molecule has 0 bridgehead atoms. The fraction of sp³-hybridized carbons (Fsp3) is 0.222. The van der Waals surface area contributed by atoms with Crippen LogP contribution in [-0.4, -0.2) is 29.5 Å². The van der Waals surface area contributed by atoms with E-state index in [0.717, 1.165) is 31.5 Å². The second kappa shape index (κ2) is 5.93. The Kier molecular flexibility index (Phi) is 3.63. The summed E-state index contributed by atoms with van der Waals surface area (Å²) in [7, 11) is 0. The summed E-state index contributed by atoms with van der Waals surface area (Å²) in [6.07, 6.45) is 0. The van der Waals surface area contributed by atoms with Crippen LogP contribution < -0.4 is 5.56 Å². The van der Waals surface area contributed by atoms with E-state index in [1.54, 1.807) is 11.3 Å². The zero-order chi connectivity index (χ0) is 18.7. The molecule has 7 nitrogen and oxygen atoms in total. The third-order valence-corrected chi connectivity index (χ3v) is 6.89. The Morgan fingerprint density at radius 2 is 2.04 bits per heavy atom. The number of nitrogens with zero attached hydrogens (tertiary/aromatic N) is 4. The number of aryl methyl sites for hydroxylation is 2. The van der Waals surface area contributed by atoms with Gasteiger partial charge in [-0.2, -0.15) is 0 Å². The SMILES string of the molecule is Cc1sc2nc([C@@H](C)Sc3n[nH]c4nc5ccccc5n34)[nH]c(=O)c2c1C. The largest absolute Gasteiger partial charge is 0.309 e. The van der Waals surface area contributed by atoms with Gasteiger partial charge in [0.15, 0.2) is 5.16 Å². The molecular weight excluding hydrogens is 380 g/mol. The predicted octanol–water partition coefficient (Wildman–Crippen LogP) is 3.98. The summed E-state index contributed by atoms with van der Waals surface area (Å²) in [5.74, 6) is 1.35. The topological polar surface area (TPSA) is 91.7 Å². The smallest absolute Gasteiger partial charge is 0.259 e. The molecule has 4 aromatic heterocycles. The maximum absolute atomic E-state index is 12.6. The van der Waals surface area contributed by atoms with Crippen LogP contribution >= 0.6 is 23.1 Å². The van der Waals surface area contributed by atoms with E-state index in [0.29, 0.717) is 17.0 Å². The first-order valence-corrected chi connectivity index (χ1v) is 10.2. The minimum Gasteiger partial charge on any atom is -0.309 e. The predicted molar refractivity (Wildman–Crippen MR) is 109 cm³/mol. The molecule has 2 N–H and O–H groups in total. The molecule has 0 amide bonds. The van der Waals surface area contributed by atoms with Crippen LogP contribution in [-0.2, 0) is 0 Å². The average Bonchev–Trinajstić information content (AvgIpc) is 3.28. The van der Waals surface area contributed by atoms with Gasteiger partial charge >= 0.3 is 0 Å². The lowest BCUT2D eigenvalue weighted by molar-refractivity contribution is 0.894. The Labute approximate surface area is 161 Å². The van der Waals surface area contributed by atoms with Gasteiger partial charge in [-0.05, 0) is 38.5 Å². The van der Waals surface area contributed by atoms with Gasteiger partial charge in [0.05, 0.1) is 21.7 Å². The number of hydrogen-bond donors (Lipinski definition) is 2. The third-order valence-electron chi connectivity index (χ3n) is 4.73. The average molecular weight is 397 g/mol. The quantitative estimate of drug-likeness (QED) is 0.450. The van der Waals surface area contributed by atoms with Crippen LogP contribution in [0.1, 0.15) is 28.4 Å². The molecule has 0 unspecified atom stereocenters. The highest BCUT2D eigenvalue weighted by atomic mass is 32.2. The molecule has 0 radical (unpaired) electrons. The van der Waals surface area contributed by atoms with Gasteiger partial charge in [-0.15, -0.1) is 16.4 Å². The molecular formula is C18H16N6OS2. The monoisotopic (exact) mass is 396 g/mol. The molecule has 0 aliphatic heterocycles. The van der Waals surface area contributed by atoms with Gasteiger partial charge in [-0.25, -0.2) is 15.1 Å². The van der Waals surface area contributed by atoms with E-state index in [4.69, 9.17) is 4.98 Å². The van der Waals surface area contributed by atoms with Gasteiger partial charge in [0.1, 0.15) is 10.7 Å². The number of rotatable bonds is 3. The van der Waals surface area contributed by atoms with Crippen molar-refractivity contribution in [1.82, 2.24) is 29.5 Å². The number of aromatic nitrogens is 6. The van der Waals surface area contributed by atoms with Crippen LogP contribution in [0.4, 0.5) is 0 Å². The van der Waals surface area contributed by atoms with E-state index in [2.05, 4.69) is 20.2 Å². The molecule has 0 aliphatic rings. The normalized spacial score (nSPS) is 13.1. The lowest BCUT2D eigenvalue weighted by Crippen LogP contribution is -2.12. The summed E-state index contributed by atoms with van der Waals surface area (Å²) in [5.41, 5.74) is 2.84. The van der Waals surface area contributed by atoms with Gasteiger partial charge in [0.25, 0.3) is 5.56 Å². The first kappa shape index (κ1) is 16.5. The van der Waals surface area contributed by atoms with Crippen molar-refractivity contribution in [2.24, 2.45) is 0 Å². The molecule has 5 rings (SSSR count). The number of fused-ring (bicyclic) bond motifs is 4. The van der Waals surface area contributed by atoms with E-state index in [9.17, 15) is 4.79 Å². The number of nitrogens with one attached hydrogen (secondary N) is 2. The molecule has 5 aromatic rings. The minimum absolute atomic E-state index is 0.0718. The van der Waals surface area contributed by atoms with E-state index in [1.807, 2.05) is 49.4 Å².